The summed E-state index contributed by atoms with van der Waals surface area (Å²) in [4.78, 5) is 2.50. The Morgan fingerprint density at radius 1 is 1.39 bits per heavy atom. The Morgan fingerprint density at radius 2 is 2.33 bits per heavy atom. The van der Waals surface area contributed by atoms with Gasteiger partial charge in [-0.15, -0.1) is 0 Å². The van der Waals surface area contributed by atoms with Crippen LogP contribution >= 0.6 is 0 Å². The molecular weight excluding hydrogens is 226 g/mol. The number of methoxy groups -OCH3 is 1. The maximum atomic E-state index is 5.95. The summed E-state index contributed by atoms with van der Waals surface area (Å²) in [7, 11) is 1.72. The van der Waals surface area contributed by atoms with Gasteiger partial charge in [-0.05, 0) is 37.0 Å². The summed E-state index contributed by atoms with van der Waals surface area (Å²) in [5.74, 6) is 0.943. The maximum Gasteiger partial charge on any atom is 0.119 e. The highest BCUT2D eigenvalue weighted by molar-refractivity contribution is 5.28. The van der Waals surface area contributed by atoms with Crippen molar-refractivity contribution in [3.05, 3.63) is 29.8 Å². The average molecular weight is 247 g/mol. The summed E-state index contributed by atoms with van der Waals surface area (Å²) in [6.07, 6.45) is 3.66. The molecule has 0 radical (unpaired) electrons. The van der Waals surface area contributed by atoms with Crippen molar-refractivity contribution in [1.29, 1.82) is 0 Å². The van der Waals surface area contributed by atoms with E-state index in [1.165, 1.54) is 24.8 Å². The third-order valence-electron chi connectivity index (χ3n) is 4.12. The van der Waals surface area contributed by atoms with E-state index in [9.17, 15) is 0 Å². The first-order valence-corrected chi connectivity index (χ1v) is 6.79. The van der Waals surface area contributed by atoms with Crippen molar-refractivity contribution < 1.29 is 9.47 Å². The van der Waals surface area contributed by atoms with Crippen molar-refractivity contribution >= 4 is 0 Å². The van der Waals surface area contributed by atoms with Gasteiger partial charge in [-0.1, -0.05) is 12.1 Å². The molecule has 1 spiro atoms. The number of benzene rings is 1. The summed E-state index contributed by atoms with van der Waals surface area (Å²) >= 11 is 0. The Bertz CT molecular complexity index is 413. The zero-order valence-electron chi connectivity index (χ0n) is 11.0. The Morgan fingerprint density at radius 3 is 3.11 bits per heavy atom. The Balaban J connectivity index is 1.63. The van der Waals surface area contributed by atoms with Crippen molar-refractivity contribution in [2.45, 2.75) is 31.4 Å². The van der Waals surface area contributed by atoms with E-state index in [2.05, 4.69) is 23.1 Å². The first-order valence-electron chi connectivity index (χ1n) is 6.79. The third kappa shape index (κ3) is 2.38. The van der Waals surface area contributed by atoms with Crippen molar-refractivity contribution in [3.8, 4) is 5.75 Å². The molecule has 18 heavy (non-hydrogen) atoms. The minimum Gasteiger partial charge on any atom is -0.497 e. The normalized spacial score (nSPS) is 28.1. The topological polar surface area (TPSA) is 21.7 Å². The van der Waals surface area contributed by atoms with Gasteiger partial charge < -0.3 is 9.47 Å². The van der Waals surface area contributed by atoms with E-state index in [1.54, 1.807) is 7.11 Å². The smallest absolute Gasteiger partial charge is 0.119 e. The summed E-state index contributed by atoms with van der Waals surface area (Å²) in [5, 5.41) is 0. The van der Waals surface area contributed by atoms with E-state index in [-0.39, 0.29) is 5.60 Å². The van der Waals surface area contributed by atoms with Crippen LogP contribution in [0.2, 0.25) is 0 Å². The molecular formula is C15H21NO2. The second-order valence-electron chi connectivity index (χ2n) is 5.45. The molecule has 1 aromatic carbocycles. The van der Waals surface area contributed by atoms with Gasteiger partial charge in [0.1, 0.15) is 5.75 Å². The summed E-state index contributed by atoms with van der Waals surface area (Å²) in [6, 6.07) is 8.35. The number of nitrogens with zero attached hydrogens (tertiary/aromatic N) is 1. The van der Waals surface area contributed by atoms with Gasteiger partial charge in [0.2, 0.25) is 0 Å². The van der Waals surface area contributed by atoms with Crippen LogP contribution in [-0.2, 0) is 11.3 Å². The fourth-order valence-corrected chi connectivity index (χ4v) is 3.17. The second kappa shape index (κ2) is 4.90. The van der Waals surface area contributed by atoms with Crippen LogP contribution in [0.3, 0.4) is 0 Å². The minimum absolute atomic E-state index is 0.179. The largest absolute Gasteiger partial charge is 0.497 e. The average Bonchev–Trinajstić information content (AvgIpc) is 3.01. The molecule has 2 fully saturated rings. The van der Waals surface area contributed by atoms with Gasteiger partial charge in [0.05, 0.1) is 12.7 Å². The highest BCUT2D eigenvalue weighted by atomic mass is 16.5. The van der Waals surface area contributed by atoms with E-state index in [0.29, 0.717) is 0 Å². The molecule has 2 aliphatic heterocycles. The van der Waals surface area contributed by atoms with E-state index in [1.807, 2.05) is 6.07 Å². The van der Waals surface area contributed by atoms with Gasteiger partial charge >= 0.3 is 0 Å². The van der Waals surface area contributed by atoms with E-state index >= 15 is 0 Å². The van der Waals surface area contributed by atoms with Crippen LogP contribution in [0.25, 0.3) is 0 Å². The predicted octanol–water partition coefficient (Wildman–Crippen LogP) is 2.45. The molecule has 1 aromatic rings. The first-order chi connectivity index (χ1) is 8.80. The van der Waals surface area contributed by atoms with E-state index in [4.69, 9.17) is 9.47 Å². The summed E-state index contributed by atoms with van der Waals surface area (Å²) < 4.78 is 11.2. The molecule has 0 saturated carbocycles. The van der Waals surface area contributed by atoms with Crippen molar-refractivity contribution in [2.75, 3.05) is 26.8 Å². The predicted molar refractivity (Wildman–Crippen MR) is 70.8 cm³/mol. The van der Waals surface area contributed by atoms with Crippen molar-refractivity contribution in [2.24, 2.45) is 0 Å². The quantitative estimate of drug-likeness (QED) is 0.819. The van der Waals surface area contributed by atoms with Crippen LogP contribution in [0.1, 0.15) is 24.8 Å². The van der Waals surface area contributed by atoms with Crippen LogP contribution in [-0.4, -0.2) is 37.3 Å². The third-order valence-corrected chi connectivity index (χ3v) is 4.12. The van der Waals surface area contributed by atoms with Crippen molar-refractivity contribution in [3.63, 3.8) is 0 Å². The molecule has 0 N–H and O–H groups in total. The fourth-order valence-electron chi connectivity index (χ4n) is 3.17. The van der Waals surface area contributed by atoms with Crippen LogP contribution in [0.4, 0.5) is 0 Å². The van der Waals surface area contributed by atoms with Crippen LogP contribution in [0, 0.1) is 0 Å². The minimum atomic E-state index is 0.179. The molecule has 0 aliphatic carbocycles. The molecule has 2 aliphatic rings. The summed E-state index contributed by atoms with van der Waals surface area (Å²) in [6.45, 7) is 4.19. The van der Waals surface area contributed by atoms with Gasteiger partial charge in [0.25, 0.3) is 0 Å². The van der Waals surface area contributed by atoms with Gasteiger partial charge in [-0.2, -0.15) is 0 Å². The molecule has 0 amide bonds. The molecule has 3 nitrogen and oxygen atoms in total. The molecule has 2 saturated heterocycles. The number of likely N-dealkylation sites (tertiary alicyclic amines) is 1. The molecule has 0 unspecified atom stereocenters. The number of ether oxygens (including phenoxy) is 2. The zero-order valence-corrected chi connectivity index (χ0v) is 11.0. The SMILES string of the molecule is COc1cccc(CN2CC[C@@]3(CCCO3)C2)c1. The lowest BCUT2D eigenvalue weighted by Crippen LogP contribution is -2.32. The number of hydrogen-bond donors (Lipinski definition) is 0. The van der Waals surface area contributed by atoms with Gasteiger partial charge in [-0.3, -0.25) is 4.90 Å². The molecule has 3 rings (SSSR count). The van der Waals surface area contributed by atoms with E-state index < -0.39 is 0 Å². The molecule has 2 heterocycles. The highest BCUT2D eigenvalue weighted by Gasteiger charge is 2.41. The first kappa shape index (κ1) is 12.0. The van der Waals surface area contributed by atoms with Crippen LogP contribution in [0.15, 0.2) is 24.3 Å². The van der Waals surface area contributed by atoms with Crippen LogP contribution in [0.5, 0.6) is 5.75 Å². The molecule has 0 bridgehead atoms. The molecule has 3 heteroatoms. The van der Waals surface area contributed by atoms with E-state index in [0.717, 1.165) is 32.0 Å². The molecule has 98 valence electrons. The number of hydrogen-bond acceptors (Lipinski definition) is 3. The Kier molecular flexibility index (Phi) is 3.27. The highest BCUT2D eigenvalue weighted by Crippen LogP contribution is 2.35. The second-order valence-corrected chi connectivity index (χ2v) is 5.45. The zero-order chi connectivity index (χ0) is 12.4. The lowest BCUT2D eigenvalue weighted by atomic mass is 10.00. The molecule has 0 aromatic heterocycles. The fraction of sp³-hybridized carbons (Fsp3) is 0.600. The van der Waals surface area contributed by atoms with Gasteiger partial charge in [-0.25, -0.2) is 0 Å². The maximum absolute atomic E-state index is 5.95. The standard InChI is InChI=1S/C15H21NO2/c1-17-14-5-2-4-13(10-14)11-16-8-7-15(12-16)6-3-9-18-15/h2,4-5,10H,3,6-9,11-12H2,1H3/t15-/m0/s1. The Hall–Kier alpha value is -1.06. The monoisotopic (exact) mass is 247 g/mol. The van der Waals surface area contributed by atoms with Crippen LogP contribution < -0.4 is 4.74 Å². The summed E-state index contributed by atoms with van der Waals surface area (Å²) in [5.41, 5.74) is 1.50. The number of rotatable bonds is 3. The lowest BCUT2D eigenvalue weighted by molar-refractivity contribution is 0.0122. The molecule has 1 atom stereocenters. The van der Waals surface area contributed by atoms with Gasteiger partial charge in [0, 0.05) is 26.2 Å². The lowest BCUT2D eigenvalue weighted by Gasteiger charge is -2.23. The Labute approximate surface area is 109 Å². The van der Waals surface area contributed by atoms with Crippen molar-refractivity contribution in [1.82, 2.24) is 4.90 Å². The van der Waals surface area contributed by atoms with Gasteiger partial charge in [0.15, 0.2) is 0 Å².